The van der Waals surface area contributed by atoms with Gasteiger partial charge in [0.1, 0.15) is 0 Å². The van der Waals surface area contributed by atoms with Gasteiger partial charge in [-0.2, -0.15) is 6.07 Å². The van der Waals surface area contributed by atoms with Gasteiger partial charge in [0, 0.05) is 0 Å². The van der Waals surface area contributed by atoms with Crippen LogP contribution < -0.4 is 24.8 Å². The molecule has 3 aromatic rings. The summed E-state index contributed by atoms with van der Waals surface area (Å²) in [5.74, 6) is 0.581. The molecule has 0 unspecified atom stereocenters. The third kappa shape index (κ3) is 4.28. The van der Waals surface area contributed by atoms with Gasteiger partial charge in [-0.25, -0.2) is 0 Å². The third-order valence-corrected chi connectivity index (χ3v) is 3.77. The Bertz CT molecular complexity index is 729. The zero-order valence-electron chi connectivity index (χ0n) is 13.0. The van der Waals surface area contributed by atoms with Crippen LogP contribution in [-0.2, 0) is 26.2 Å². The van der Waals surface area contributed by atoms with E-state index in [0.29, 0.717) is 5.92 Å². The molecule has 113 valence electrons. The van der Waals surface area contributed by atoms with Crippen LogP contribution in [-0.4, -0.2) is 0 Å². The third-order valence-electron chi connectivity index (χ3n) is 3.77. The van der Waals surface area contributed by atoms with Gasteiger partial charge >= 0.3 is 26.2 Å². The number of hydrogen-bond donors (Lipinski definition) is 0. The normalized spacial score (nSPS) is 9.82. The zero-order chi connectivity index (χ0) is 13.4. The molecule has 22 heavy (non-hydrogen) atoms. The van der Waals surface area contributed by atoms with Gasteiger partial charge in [0.15, 0.2) is 0 Å². The van der Waals surface area contributed by atoms with Crippen LogP contribution in [0.2, 0.25) is 0 Å². The van der Waals surface area contributed by atoms with E-state index in [4.69, 9.17) is 0 Å². The number of fused-ring (bicyclic) bond motifs is 1. The topological polar surface area (TPSA) is 0 Å². The Morgan fingerprint density at radius 2 is 1.59 bits per heavy atom. The van der Waals surface area contributed by atoms with Crippen molar-refractivity contribution in [3.05, 3.63) is 65.7 Å². The van der Waals surface area contributed by atoms with Crippen molar-refractivity contribution in [1.29, 1.82) is 0 Å². The Balaban J connectivity index is 0.00000147. The fraction of sp³-hybridized carbons (Fsp3) is 0.211. The van der Waals surface area contributed by atoms with E-state index in [1.54, 1.807) is 0 Å². The van der Waals surface area contributed by atoms with Crippen molar-refractivity contribution in [2.75, 3.05) is 0 Å². The van der Waals surface area contributed by atoms with Crippen molar-refractivity contribution >= 4 is 10.8 Å². The average molecular weight is 409 g/mol. The Morgan fingerprint density at radius 3 is 2.23 bits per heavy atom. The van der Waals surface area contributed by atoms with Crippen molar-refractivity contribution in [2.24, 2.45) is 0 Å². The molecule has 3 heteroatoms. The number of aryl methyl sites for hydroxylation is 1. The smallest absolute Gasteiger partial charge is 1.00 e. The summed E-state index contributed by atoms with van der Waals surface area (Å²) in [6.07, 6.45) is 0. The summed E-state index contributed by atoms with van der Waals surface area (Å²) < 4.78 is 0. The Morgan fingerprint density at radius 1 is 0.909 bits per heavy atom. The van der Waals surface area contributed by atoms with Gasteiger partial charge in [0.05, 0.1) is 0 Å². The largest absolute Gasteiger partial charge is 3.00 e. The first-order valence-electron chi connectivity index (χ1n) is 6.91. The van der Waals surface area contributed by atoms with E-state index < -0.39 is 0 Å². The van der Waals surface area contributed by atoms with Gasteiger partial charge in [-0.3, -0.25) is 0 Å². The minimum atomic E-state index is 0. The number of benzene rings is 2. The van der Waals surface area contributed by atoms with Gasteiger partial charge in [-0.05, 0) is 18.4 Å². The fourth-order valence-corrected chi connectivity index (χ4v) is 2.66. The first kappa shape index (κ1) is 21.5. The summed E-state index contributed by atoms with van der Waals surface area (Å²) in [6, 6.07) is 20.0. The maximum Gasteiger partial charge on any atom is 3.00 e. The maximum atomic E-state index is 2.34. The molecule has 1 radical (unpaired) electrons. The monoisotopic (exact) mass is 407 g/mol. The van der Waals surface area contributed by atoms with Crippen molar-refractivity contribution in [3.8, 4) is 11.1 Å². The molecule has 0 amide bonds. The summed E-state index contributed by atoms with van der Waals surface area (Å²) in [5, 5.41) is 2.72. The summed E-state index contributed by atoms with van der Waals surface area (Å²) in [4.78, 5) is 0. The molecular formula is C19H19Cl2Zr. The van der Waals surface area contributed by atoms with Gasteiger partial charge in [0.25, 0.3) is 0 Å². The standard InChI is InChI=1S/C19H19.2ClH.Zr/c1-13(2)17-11-16-8-5-9-18(19(16)12-17)15-7-4-6-14(3)10-15;;;/h4-13H,1-3H3;2*1H;/q-1;;;+3/p-2. The van der Waals surface area contributed by atoms with E-state index in [1.807, 2.05) is 0 Å². The molecule has 0 N–H and O–H groups in total. The Kier molecular flexibility index (Phi) is 8.77. The number of rotatable bonds is 2. The predicted molar refractivity (Wildman–Crippen MR) is 83.8 cm³/mol. The molecule has 3 aromatic carbocycles. The molecule has 0 aliphatic heterocycles. The molecule has 3 rings (SSSR count). The minimum Gasteiger partial charge on any atom is -1.00 e. The van der Waals surface area contributed by atoms with Crippen LogP contribution in [0.4, 0.5) is 0 Å². The molecule has 0 spiro atoms. The Labute approximate surface area is 164 Å². The second-order valence-electron chi connectivity index (χ2n) is 5.62. The summed E-state index contributed by atoms with van der Waals surface area (Å²) in [6.45, 7) is 6.65. The molecule has 0 saturated carbocycles. The molecule has 0 aromatic heterocycles. The van der Waals surface area contributed by atoms with E-state index in [0.717, 1.165) is 0 Å². The Hall–Kier alpha value is -0.487. The summed E-state index contributed by atoms with van der Waals surface area (Å²) >= 11 is 0. The zero-order valence-corrected chi connectivity index (χ0v) is 17.0. The maximum absolute atomic E-state index is 2.34. The quantitative estimate of drug-likeness (QED) is 0.509. The average Bonchev–Trinajstić information content (AvgIpc) is 2.82. The fourth-order valence-electron chi connectivity index (χ4n) is 2.66. The molecule has 0 nitrogen and oxygen atoms in total. The second kappa shape index (κ2) is 8.97. The predicted octanol–water partition coefficient (Wildman–Crippen LogP) is -0.337. The van der Waals surface area contributed by atoms with Gasteiger partial charge in [-0.1, -0.05) is 55.3 Å². The molecule has 0 aliphatic rings. The molecule has 0 atom stereocenters. The van der Waals surface area contributed by atoms with Crippen LogP contribution in [0.15, 0.2) is 54.6 Å². The van der Waals surface area contributed by atoms with E-state index in [2.05, 4.69) is 75.4 Å². The van der Waals surface area contributed by atoms with Crippen LogP contribution in [0.5, 0.6) is 0 Å². The number of halogens is 2. The van der Waals surface area contributed by atoms with E-state index >= 15 is 0 Å². The van der Waals surface area contributed by atoms with Gasteiger partial charge in [0.2, 0.25) is 0 Å². The molecule has 0 heterocycles. The first-order chi connectivity index (χ1) is 9.15. The van der Waals surface area contributed by atoms with E-state index in [-0.39, 0.29) is 51.0 Å². The summed E-state index contributed by atoms with van der Waals surface area (Å²) in [7, 11) is 0. The van der Waals surface area contributed by atoms with Crippen LogP contribution in [0.1, 0.15) is 30.9 Å². The van der Waals surface area contributed by atoms with Crippen LogP contribution in [0, 0.1) is 6.92 Å². The van der Waals surface area contributed by atoms with Crippen molar-refractivity contribution < 1.29 is 51.0 Å². The first-order valence-corrected chi connectivity index (χ1v) is 6.91. The van der Waals surface area contributed by atoms with Crippen molar-refractivity contribution in [2.45, 2.75) is 26.7 Å². The molecular weight excluding hydrogens is 390 g/mol. The van der Waals surface area contributed by atoms with Crippen LogP contribution >= 0.6 is 0 Å². The second-order valence-corrected chi connectivity index (χ2v) is 5.62. The van der Waals surface area contributed by atoms with E-state index in [9.17, 15) is 0 Å². The molecule has 0 aliphatic carbocycles. The van der Waals surface area contributed by atoms with Gasteiger partial charge < -0.3 is 24.8 Å². The molecule has 0 bridgehead atoms. The number of hydrogen-bond acceptors (Lipinski definition) is 0. The van der Waals surface area contributed by atoms with Gasteiger partial charge in [-0.15, -0.1) is 34.5 Å². The van der Waals surface area contributed by atoms with Crippen molar-refractivity contribution in [1.82, 2.24) is 0 Å². The molecule has 0 fully saturated rings. The SMILES string of the molecule is Cc1cccc(-c2cccc3[cH-]c(C(C)C)cc23)c1.[Cl-].[Cl-].[Zr+3]. The van der Waals surface area contributed by atoms with Crippen molar-refractivity contribution in [3.63, 3.8) is 0 Å². The van der Waals surface area contributed by atoms with E-state index in [1.165, 1.54) is 33.0 Å². The van der Waals surface area contributed by atoms with Crippen LogP contribution in [0.3, 0.4) is 0 Å². The summed E-state index contributed by atoms with van der Waals surface area (Å²) in [5.41, 5.74) is 5.39. The molecule has 0 saturated heterocycles. The van der Waals surface area contributed by atoms with Crippen LogP contribution in [0.25, 0.3) is 21.9 Å². The minimum absolute atomic E-state index is 0.